The van der Waals surface area contributed by atoms with Crippen molar-refractivity contribution in [2.24, 2.45) is 0 Å². The smallest absolute Gasteiger partial charge is 0.419 e. The zero-order chi connectivity index (χ0) is 37.4. The lowest BCUT2D eigenvalue weighted by Gasteiger charge is -2.15. The maximum atomic E-state index is 14.0. The van der Waals surface area contributed by atoms with Gasteiger partial charge in [0, 0.05) is 4.47 Å². The summed E-state index contributed by atoms with van der Waals surface area (Å²) >= 11 is 13.8. The Kier molecular flexibility index (Phi) is 13.8. The number of carbonyl (C=O) groups is 2. The van der Waals surface area contributed by atoms with E-state index in [1.54, 1.807) is 0 Å². The monoisotopic (exact) mass is 810 g/mol. The summed E-state index contributed by atoms with van der Waals surface area (Å²) in [6.45, 7) is 0. The molecule has 4 aromatic rings. The topological polar surface area (TPSA) is 148 Å². The molecule has 0 fully saturated rings. The van der Waals surface area contributed by atoms with Crippen LogP contribution in [0.2, 0.25) is 10.3 Å². The van der Waals surface area contributed by atoms with E-state index in [-0.39, 0.29) is 32.9 Å². The van der Waals surface area contributed by atoms with Gasteiger partial charge in [0.2, 0.25) is 0 Å². The van der Waals surface area contributed by atoms with Crippen LogP contribution in [0.5, 0.6) is 29.0 Å². The minimum atomic E-state index is -5.05. The van der Waals surface area contributed by atoms with Crippen molar-refractivity contribution in [2.45, 2.75) is 12.4 Å². The Bertz CT molecular complexity index is 1850. The van der Waals surface area contributed by atoms with Crippen LogP contribution in [0.25, 0.3) is 0 Å². The van der Waals surface area contributed by atoms with Gasteiger partial charge < -0.3 is 29.5 Å². The summed E-state index contributed by atoms with van der Waals surface area (Å²) in [7, 11) is 2.63. The van der Waals surface area contributed by atoms with Crippen molar-refractivity contribution in [3.05, 3.63) is 97.2 Å². The van der Waals surface area contributed by atoms with Gasteiger partial charge in [0.05, 0.1) is 25.3 Å². The van der Waals surface area contributed by atoms with E-state index < -0.39 is 63.9 Å². The molecule has 10 nitrogen and oxygen atoms in total. The second-order valence-electron chi connectivity index (χ2n) is 8.60. The fourth-order valence-corrected chi connectivity index (χ4v) is 4.09. The molecule has 0 unspecified atom stereocenters. The van der Waals surface area contributed by atoms with E-state index in [0.717, 1.165) is 6.07 Å². The Morgan fingerprint density at radius 1 is 0.694 bits per heavy atom. The van der Waals surface area contributed by atoms with Crippen LogP contribution < -0.4 is 14.2 Å². The van der Waals surface area contributed by atoms with Crippen LogP contribution in [-0.4, -0.2) is 51.4 Å². The van der Waals surface area contributed by atoms with Gasteiger partial charge in [-0.15, -0.1) is 0 Å². The summed E-state index contributed by atoms with van der Waals surface area (Å²) in [5, 5.41) is 26.9. The molecular formula is C28H17BrCl2F8N2O8. The second kappa shape index (κ2) is 16.7. The number of nitrogens with zero attached hydrogens (tertiary/aromatic N) is 2. The summed E-state index contributed by atoms with van der Waals surface area (Å²) < 4.78 is 116. The summed E-state index contributed by atoms with van der Waals surface area (Å²) in [5.74, 6) is -8.23. The molecule has 0 saturated carbocycles. The molecule has 264 valence electrons. The highest BCUT2D eigenvalue weighted by molar-refractivity contribution is 9.10. The minimum Gasteiger partial charge on any atom is -0.503 e. The average molecular weight is 812 g/mol. The van der Waals surface area contributed by atoms with Gasteiger partial charge in [-0.25, -0.2) is 18.4 Å². The Labute approximate surface area is 287 Å². The Morgan fingerprint density at radius 2 is 1.12 bits per heavy atom. The van der Waals surface area contributed by atoms with Crippen molar-refractivity contribution in [3.8, 4) is 29.0 Å². The van der Waals surface area contributed by atoms with Gasteiger partial charge in [0.25, 0.3) is 11.8 Å². The number of pyridine rings is 2. The van der Waals surface area contributed by atoms with Gasteiger partial charge in [-0.2, -0.15) is 36.3 Å². The largest absolute Gasteiger partial charge is 0.503 e. The lowest BCUT2D eigenvalue weighted by molar-refractivity contribution is -0.140. The third kappa shape index (κ3) is 10.7. The second-order valence-corrected chi connectivity index (χ2v) is 10.2. The number of benzene rings is 2. The van der Waals surface area contributed by atoms with E-state index in [4.69, 9.17) is 48.0 Å². The standard InChI is InChI=1S/C14H8ClF4NO4.C8H3BrF4O2.C6H6ClNO2/c1-23-12-8(4-5-9(15)20-12)24-7-3-2-6(14(17,18)19)11(16)10(7)13(21)22;9-4-2-1-3(8(11,12)13)6(10)5(4)7(14)15;1-10-6-4(9)2-3-5(7)8-6/h2-5H,1H3,(H,21,22);1-2H,(H,14,15);2-3,9H,1H3. The molecule has 0 bridgehead atoms. The fraction of sp³-hybridized carbons (Fsp3) is 0.143. The first-order valence-electron chi connectivity index (χ1n) is 12.3. The summed E-state index contributed by atoms with van der Waals surface area (Å²) in [6, 6.07) is 7.83. The summed E-state index contributed by atoms with van der Waals surface area (Å²) in [6.07, 6.45) is -9.96. The van der Waals surface area contributed by atoms with E-state index in [1.807, 2.05) is 0 Å². The van der Waals surface area contributed by atoms with E-state index >= 15 is 0 Å². The number of rotatable bonds is 6. The van der Waals surface area contributed by atoms with Crippen molar-refractivity contribution in [1.29, 1.82) is 0 Å². The van der Waals surface area contributed by atoms with Crippen LogP contribution in [0.15, 0.2) is 53.0 Å². The minimum absolute atomic E-state index is 0.00750. The van der Waals surface area contributed by atoms with Gasteiger partial charge in [-0.05, 0) is 64.5 Å². The zero-order valence-corrected chi connectivity index (χ0v) is 27.2. The normalized spacial score (nSPS) is 11.0. The molecule has 0 radical (unpaired) electrons. The molecule has 2 aromatic carbocycles. The number of ether oxygens (including phenoxy) is 3. The quantitative estimate of drug-likeness (QED) is 0.127. The summed E-state index contributed by atoms with van der Waals surface area (Å²) in [5.41, 5.74) is -5.59. The molecule has 0 amide bonds. The van der Waals surface area contributed by atoms with Crippen LogP contribution >= 0.6 is 39.1 Å². The first kappa shape index (κ1) is 40.6. The number of methoxy groups -OCH3 is 2. The van der Waals surface area contributed by atoms with Gasteiger partial charge in [-0.3, -0.25) is 0 Å². The van der Waals surface area contributed by atoms with Crippen molar-refractivity contribution in [1.82, 2.24) is 9.97 Å². The maximum Gasteiger partial charge on any atom is 0.419 e. The average Bonchev–Trinajstić information content (AvgIpc) is 2.98. The van der Waals surface area contributed by atoms with Crippen molar-refractivity contribution in [3.63, 3.8) is 0 Å². The number of aromatic nitrogens is 2. The van der Waals surface area contributed by atoms with E-state index in [1.165, 1.54) is 38.5 Å². The predicted octanol–water partition coefficient (Wildman–Crippen LogP) is 9.15. The molecule has 0 saturated heterocycles. The van der Waals surface area contributed by atoms with Gasteiger partial charge in [0.1, 0.15) is 27.2 Å². The van der Waals surface area contributed by atoms with Crippen molar-refractivity contribution in [2.75, 3.05) is 14.2 Å². The number of carboxylic acid groups (broad SMARTS) is 2. The number of hydrogen-bond acceptors (Lipinski definition) is 8. The maximum absolute atomic E-state index is 14.0. The van der Waals surface area contributed by atoms with Crippen LogP contribution in [-0.2, 0) is 12.4 Å². The van der Waals surface area contributed by atoms with Gasteiger partial charge >= 0.3 is 24.3 Å². The number of aromatic hydroxyl groups is 1. The highest BCUT2D eigenvalue weighted by atomic mass is 79.9. The molecule has 0 atom stereocenters. The van der Waals surface area contributed by atoms with Gasteiger partial charge in [-0.1, -0.05) is 23.2 Å². The highest BCUT2D eigenvalue weighted by Gasteiger charge is 2.38. The first-order valence-corrected chi connectivity index (χ1v) is 13.9. The van der Waals surface area contributed by atoms with E-state index in [9.17, 15) is 44.7 Å². The molecule has 0 aliphatic carbocycles. The SMILES string of the molecule is COc1nc(Cl)ccc1O.COc1nc(Cl)ccc1Oc1ccc(C(F)(F)F)c(F)c1C(=O)O.O=C(O)c1c(Br)ccc(C(F)(F)F)c1F. The molecule has 21 heteroatoms. The van der Waals surface area contributed by atoms with Crippen LogP contribution in [0.3, 0.4) is 0 Å². The third-order valence-electron chi connectivity index (χ3n) is 5.44. The molecule has 0 aliphatic heterocycles. The number of aromatic carboxylic acids is 2. The molecular weight excluding hydrogens is 795 g/mol. The van der Waals surface area contributed by atoms with Crippen LogP contribution in [0.1, 0.15) is 31.8 Å². The molecule has 3 N–H and O–H groups in total. The Hall–Kier alpha value is -4.62. The molecule has 2 heterocycles. The molecule has 49 heavy (non-hydrogen) atoms. The molecule has 4 rings (SSSR count). The van der Waals surface area contributed by atoms with Crippen LogP contribution in [0, 0.1) is 11.6 Å². The lowest BCUT2D eigenvalue weighted by Crippen LogP contribution is -2.13. The zero-order valence-electron chi connectivity index (χ0n) is 24.1. The van der Waals surface area contributed by atoms with E-state index in [0.29, 0.717) is 23.4 Å². The first-order chi connectivity index (χ1) is 22.6. The van der Waals surface area contributed by atoms with Crippen molar-refractivity contribution < 1.29 is 74.2 Å². The number of carboxylic acids is 2. The number of halogens is 11. The highest BCUT2D eigenvalue weighted by Crippen LogP contribution is 2.39. The predicted molar refractivity (Wildman–Crippen MR) is 158 cm³/mol. The molecule has 2 aromatic heterocycles. The van der Waals surface area contributed by atoms with Gasteiger partial charge in [0.15, 0.2) is 23.1 Å². The Morgan fingerprint density at radius 3 is 1.57 bits per heavy atom. The summed E-state index contributed by atoms with van der Waals surface area (Å²) in [4.78, 5) is 29.1. The third-order valence-corrected chi connectivity index (χ3v) is 6.52. The van der Waals surface area contributed by atoms with Crippen LogP contribution in [0.4, 0.5) is 35.1 Å². The molecule has 0 spiro atoms. The number of hydrogen-bond donors (Lipinski definition) is 3. The Balaban J connectivity index is 0.000000283. The van der Waals surface area contributed by atoms with Crippen molar-refractivity contribution >= 4 is 51.1 Å². The number of alkyl halides is 6. The van der Waals surface area contributed by atoms with E-state index in [2.05, 4.69) is 30.6 Å². The fourth-order valence-electron chi connectivity index (χ4n) is 3.34. The lowest BCUT2D eigenvalue weighted by atomic mass is 10.1. The molecule has 0 aliphatic rings.